The van der Waals surface area contributed by atoms with Gasteiger partial charge in [-0.1, -0.05) is 36.7 Å². The number of benzene rings is 2. The van der Waals surface area contributed by atoms with Gasteiger partial charge in [0.05, 0.1) is 23.2 Å². The molecule has 1 N–H and O–H groups in total. The third kappa shape index (κ3) is 5.17. The second-order valence-electron chi connectivity index (χ2n) is 6.00. The summed E-state index contributed by atoms with van der Waals surface area (Å²) in [5.41, 5.74) is -1.33. The van der Waals surface area contributed by atoms with E-state index in [4.69, 9.17) is 11.6 Å². The Bertz CT molecular complexity index is 965. The molecule has 152 valence electrons. The molecule has 0 aromatic heterocycles. The molecule has 2 aromatic rings. The predicted molar refractivity (Wildman–Crippen MR) is 103 cm³/mol. The highest BCUT2D eigenvalue weighted by Gasteiger charge is 2.36. The smallest absolute Gasteiger partial charge is 0.324 e. The largest absolute Gasteiger partial charge is 0.418 e. The zero-order valence-corrected chi connectivity index (χ0v) is 16.6. The fourth-order valence-electron chi connectivity index (χ4n) is 2.73. The van der Waals surface area contributed by atoms with Crippen molar-refractivity contribution in [2.24, 2.45) is 0 Å². The van der Waals surface area contributed by atoms with Gasteiger partial charge in [0, 0.05) is 5.02 Å². The molecule has 0 saturated carbocycles. The van der Waals surface area contributed by atoms with Crippen molar-refractivity contribution in [1.82, 2.24) is 0 Å². The van der Waals surface area contributed by atoms with Crippen molar-refractivity contribution in [3.05, 3.63) is 59.1 Å². The van der Waals surface area contributed by atoms with E-state index < -0.39 is 39.4 Å². The fourth-order valence-corrected chi connectivity index (χ4v) is 4.12. The number of halogens is 4. The minimum absolute atomic E-state index is 0.0274. The van der Waals surface area contributed by atoms with Crippen LogP contribution in [-0.4, -0.2) is 26.6 Å². The van der Waals surface area contributed by atoms with Crippen molar-refractivity contribution >= 4 is 38.9 Å². The van der Waals surface area contributed by atoms with Crippen LogP contribution in [0.1, 0.15) is 18.9 Å². The highest BCUT2D eigenvalue weighted by Crippen LogP contribution is 2.35. The van der Waals surface area contributed by atoms with Gasteiger partial charge in [0.1, 0.15) is 6.04 Å². The molecular weight excluding hydrogens is 417 g/mol. The van der Waals surface area contributed by atoms with Crippen LogP contribution in [0.3, 0.4) is 0 Å². The Morgan fingerprint density at radius 2 is 1.82 bits per heavy atom. The first-order valence-corrected chi connectivity index (χ1v) is 10.4. The number of hydrogen-bond acceptors (Lipinski definition) is 3. The molecule has 0 saturated heterocycles. The first-order chi connectivity index (χ1) is 12.9. The number of amides is 1. The van der Waals surface area contributed by atoms with Crippen LogP contribution < -0.4 is 9.62 Å². The van der Waals surface area contributed by atoms with Gasteiger partial charge >= 0.3 is 6.18 Å². The molecular formula is C18H18ClF3N2O3S. The van der Waals surface area contributed by atoms with E-state index in [1.807, 2.05) is 0 Å². The van der Waals surface area contributed by atoms with Gasteiger partial charge in [-0.15, -0.1) is 0 Å². The lowest BCUT2D eigenvalue weighted by Gasteiger charge is -2.30. The summed E-state index contributed by atoms with van der Waals surface area (Å²) in [6.07, 6.45) is -3.73. The number of rotatable bonds is 6. The molecule has 0 aliphatic rings. The van der Waals surface area contributed by atoms with Crippen molar-refractivity contribution in [2.45, 2.75) is 25.6 Å². The summed E-state index contributed by atoms with van der Waals surface area (Å²) in [7, 11) is -3.93. The Kier molecular flexibility index (Phi) is 6.61. The molecule has 0 unspecified atom stereocenters. The number of hydrogen-bond donors (Lipinski definition) is 1. The molecule has 5 nitrogen and oxygen atoms in total. The van der Waals surface area contributed by atoms with Crippen LogP contribution in [0, 0.1) is 0 Å². The van der Waals surface area contributed by atoms with Crippen molar-refractivity contribution in [3.8, 4) is 0 Å². The molecule has 0 bridgehead atoms. The van der Waals surface area contributed by atoms with E-state index in [1.54, 1.807) is 6.92 Å². The van der Waals surface area contributed by atoms with Crippen LogP contribution in [0.2, 0.25) is 5.02 Å². The molecule has 1 atom stereocenters. The fraction of sp³-hybridized carbons (Fsp3) is 0.278. The Balaban J connectivity index is 2.44. The van der Waals surface area contributed by atoms with Crippen molar-refractivity contribution in [3.63, 3.8) is 0 Å². The van der Waals surface area contributed by atoms with Crippen LogP contribution >= 0.6 is 11.6 Å². The zero-order chi connectivity index (χ0) is 21.1. The number of nitrogens with one attached hydrogen (secondary N) is 1. The average molecular weight is 435 g/mol. The number of sulfonamides is 1. The minimum atomic E-state index is -4.67. The van der Waals surface area contributed by atoms with E-state index in [9.17, 15) is 26.4 Å². The van der Waals surface area contributed by atoms with E-state index in [2.05, 4.69) is 5.32 Å². The predicted octanol–water partition coefficient (Wildman–Crippen LogP) is 4.54. The van der Waals surface area contributed by atoms with Gasteiger partial charge in [0.15, 0.2) is 0 Å². The molecule has 1 amide bonds. The summed E-state index contributed by atoms with van der Waals surface area (Å²) in [4.78, 5) is 12.8. The molecule has 0 aliphatic carbocycles. The summed E-state index contributed by atoms with van der Waals surface area (Å²) >= 11 is 5.92. The summed E-state index contributed by atoms with van der Waals surface area (Å²) in [6, 6.07) is 9.08. The number of para-hydroxylation sites is 1. The molecule has 0 spiro atoms. The highest BCUT2D eigenvalue weighted by molar-refractivity contribution is 7.92. The van der Waals surface area contributed by atoms with E-state index in [-0.39, 0.29) is 17.1 Å². The first kappa shape index (κ1) is 22.0. The lowest BCUT2D eigenvalue weighted by atomic mass is 10.1. The maximum absolute atomic E-state index is 13.2. The van der Waals surface area contributed by atoms with E-state index in [0.717, 1.165) is 22.7 Å². The Labute approximate surface area is 166 Å². The molecule has 2 rings (SSSR count). The number of nitrogens with zero attached hydrogens (tertiary/aromatic N) is 1. The summed E-state index contributed by atoms with van der Waals surface area (Å²) in [6.45, 7) is 1.56. The van der Waals surface area contributed by atoms with E-state index in [0.29, 0.717) is 0 Å². The maximum atomic E-state index is 13.2. The molecule has 0 aliphatic heterocycles. The second-order valence-corrected chi connectivity index (χ2v) is 8.29. The van der Waals surface area contributed by atoms with E-state index >= 15 is 0 Å². The molecule has 10 heteroatoms. The maximum Gasteiger partial charge on any atom is 0.418 e. The van der Waals surface area contributed by atoms with Crippen LogP contribution in [0.4, 0.5) is 24.5 Å². The normalized spacial score (nSPS) is 13.1. The quantitative estimate of drug-likeness (QED) is 0.725. The zero-order valence-electron chi connectivity index (χ0n) is 15.0. The third-order valence-corrected chi connectivity index (χ3v) is 5.30. The Morgan fingerprint density at radius 3 is 2.36 bits per heavy atom. The number of carbonyl (C=O) groups is 1. The monoisotopic (exact) mass is 434 g/mol. The lowest BCUT2D eigenvalue weighted by Crippen LogP contribution is -2.47. The standard InChI is InChI=1S/C18H18ClF3N2O3S/c1-3-16(24(28(2,26)27)13-8-6-7-12(19)11-13)17(25)23-15-10-5-4-9-14(15)18(20,21)22/h4-11,16H,3H2,1-2H3,(H,23,25)/t16-/m0/s1. The van der Waals surface area contributed by atoms with Crippen LogP contribution in [0.15, 0.2) is 48.5 Å². The Morgan fingerprint density at radius 1 is 1.18 bits per heavy atom. The van der Waals surface area contributed by atoms with Gasteiger partial charge in [-0.05, 0) is 36.8 Å². The first-order valence-electron chi connectivity index (χ1n) is 8.17. The average Bonchev–Trinajstić information content (AvgIpc) is 2.57. The molecule has 0 fully saturated rings. The summed E-state index contributed by atoms with van der Waals surface area (Å²) in [5.74, 6) is -0.885. The van der Waals surface area contributed by atoms with Gasteiger partial charge in [-0.25, -0.2) is 8.42 Å². The van der Waals surface area contributed by atoms with Gasteiger partial charge in [-0.3, -0.25) is 9.10 Å². The van der Waals surface area contributed by atoms with Gasteiger partial charge in [-0.2, -0.15) is 13.2 Å². The topological polar surface area (TPSA) is 66.5 Å². The summed E-state index contributed by atoms with van der Waals surface area (Å²) < 4.78 is 65.1. The Hall–Kier alpha value is -2.26. The number of carbonyl (C=O) groups excluding carboxylic acids is 1. The lowest BCUT2D eigenvalue weighted by molar-refractivity contribution is -0.137. The second kappa shape index (κ2) is 8.40. The van der Waals surface area contributed by atoms with Crippen molar-refractivity contribution in [1.29, 1.82) is 0 Å². The molecule has 2 aromatic carbocycles. The van der Waals surface area contributed by atoms with E-state index in [1.165, 1.54) is 36.4 Å². The third-order valence-electron chi connectivity index (χ3n) is 3.88. The molecule has 0 heterocycles. The molecule has 28 heavy (non-hydrogen) atoms. The SMILES string of the molecule is CC[C@@H](C(=O)Nc1ccccc1C(F)(F)F)N(c1cccc(Cl)c1)S(C)(=O)=O. The van der Waals surface area contributed by atoms with Crippen molar-refractivity contribution < 1.29 is 26.4 Å². The highest BCUT2D eigenvalue weighted by atomic mass is 35.5. The summed E-state index contributed by atoms with van der Waals surface area (Å²) in [5, 5.41) is 2.46. The van der Waals surface area contributed by atoms with Crippen LogP contribution in [0.25, 0.3) is 0 Å². The molecule has 0 radical (unpaired) electrons. The van der Waals surface area contributed by atoms with Crippen molar-refractivity contribution in [2.75, 3.05) is 15.9 Å². The van der Waals surface area contributed by atoms with Gasteiger partial charge in [0.2, 0.25) is 15.9 Å². The van der Waals surface area contributed by atoms with Crippen LogP contribution in [-0.2, 0) is 21.0 Å². The van der Waals surface area contributed by atoms with Gasteiger partial charge in [0.25, 0.3) is 0 Å². The number of anilines is 2. The number of alkyl halides is 3. The van der Waals surface area contributed by atoms with Gasteiger partial charge < -0.3 is 5.32 Å². The minimum Gasteiger partial charge on any atom is -0.324 e. The van der Waals surface area contributed by atoms with Crippen LogP contribution in [0.5, 0.6) is 0 Å².